The highest BCUT2D eigenvalue weighted by Crippen LogP contribution is 2.33. The summed E-state index contributed by atoms with van der Waals surface area (Å²) in [7, 11) is 3.75. The van der Waals surface area contributed by atoms with Crippen LogP contribution in [0.3, 0.4) is 0 Å². The van der Waals surface area contributed by atoms with Gasteiger partial charge in [0.1, 0.15) is 11.6 Å². The lowest BCUT2D eigenvalue weighted by Crippen LogP contribution is -2.46. The molecule has 1 aliphatic heterocycles. The highest BCUT2D eigenvalue weighted by molar-refractivity contribution is 7.80. The first-order valence-electron chi connectivity index (χ1n) is 8.71. The molecule has 1 saturated heterocycles. The van der Waals surface area contributed by atoms with Gasteiger partial charge >= 0.3 is 0 Å². The molecule has 0 atom stereocenters. The number of hydrogen-bond acceptors (Lipinski definition) is 4. The van der Waals surface area contributed by atoms with Gasteiger partial charge in [0.2, 0.25) is 0 Å². The average molecular weight is 425 g/mol. The molecule has 0 spiro atoms. The first kappa shape index (κ1) is 20.2. The predicted molar refractivity (Wildman–Crippen MR) is 115 cm³/mol. The average Bonchev–Trinajstić information content (AvgIpc) is 2.68. The van der Waals surface area contributed by atoms with Crippen LogP contribution in [0.5, 0.6) is 11.5 Å². The SMILES string of the molecule is COc1cccc(C(=S)N2CCN(C)CC2)c1OCc1ccc(Cl)c(Cl)c1. The molecule has 0 radical (unpaired) electrons. The topological polar surface area (TPSA) is 24.9 Å². The van der Waals surface area contributed by atoms with E-state index in [4.69, 9.17) is 44.9 Å². The Bertz CT molecular complexity index is 824. The fraction of sp³-hybridized carbons (Fsp3) is 0.350. The minimum Gasteiger partial charge on any atom is -0.493 e. The molecule has 0 aromatic heterocycles. The summed E-state index contributed by atoms with van der Waals surface area (Å²) in [5.41, 5.74) is 1.79. The smallest absolute Gasteiger partial charge is 0.171 e. The van der Waals surface area contributed by atoms with Gasteiger partial charge in [-0.05, 0) is 36.9 Å². The number of ether oxygens (including phenoxy) is 2. The molecule has 0 bridgehead atoms. The van der Waals surface area contributed by atoms with Gasteiger partial charge in [-0.3, -0.25) is 0 Å². The van der Waals surface area contributed by atoms with E-state index in [0.29, 0.717) is 28.2 Å². The van der Waals surface area contributed by atoms with Gasteiger partial charge in [-0.2, -0.15) is 0 Å². The zero-order chi connectivity index (χ0) is 19.4. The quantitative estimate of drug-likeness (QED) is 0.657. The molecular weight excluding hydrogens is 403 g/mol. The number of likely N-dealkylation sites (N-methyl/N-ethyl adjacent to an activating group) is 1. The normalized spacial score (nSPS) is 14.9. The van der Waals surface area contributed by atoms with E-state index in [0.717, 1.165) is 42.3 Å². The van der Waals surface area contributed by atoms with Crippen LogP contribution in [0.1, 0.15) is 11.1 Å². The van der Waals surface area contributed by atoms with Crippen molar-refractivity contribution in [2.45, 2.75) is 6.61 Å². The number of piperazine rings is 1. The van der Waals surface area contributed by atoms with E-state index in [1.54, 1.807) is 19.2 Å². The first-order chi connectivity index (χ1) is 13.0. The first-order valence-corrected chi connectivity index (χ1v) is 9.87. The minimum absolute atomic E-state index is 0.343. The standard InChI is InChI=1S/C20H22Cl2N2O2S/c1-23-8-10-24(11-9-23)20(27)15-4-3-5-18(25-2)19(15)26-13-14-6-7-16(21)17(22)12-14/h3-7,12H,8-11,13H2,1-2H3. The molecule has 3 rings (SSSR count). The van der Waals surface area contributed by atoms with Gasteiger partial charge in [0.25, 0.3) is 0 Å². The fourth-order valence-electron chi connectivity index (χ4n) is 2.96. The van der Waals surface area contributed by atoms with E-state index >= 15 is 0 Å². The van der Waals surface area contributed by atoms with Crippen molar-refractivity contribution in [3.8, 4) is 11.5 Å². The third-order valence-electron chi connectivity index (χ3n) is 4.59. The third-order valence-corrected chi connectivity index (χ3v) is 5.80. The predicted octanol–water partition coefficient (Wildman–Crippen LogP) is 4.50. The Balaban J connectivity index is 1.82. The molecule has 4 nitrogen and oxygen atoms in total. The number of para-hydroxylation sites is 1. The maximum atomic E-state index is 6.12. The molecule has 7 heteroatoms. The lowest BCUT2D eigenvalue weighted by Gasteiger charge is -2.34. The molecule has 144 valence electrons. The van der Waals surface area contributed by atoms with Gasteiger partial charge in [0, 0.05) is 26.2 Å². The monoisotopic (exact) mass is 424 g/mol. The van der Waals surface area contributed by atoms with Crippen LogP contribution in [0.2, 0.25) is 10.0 Å². The number of methoxy groups -OCH3 is 1. The van der Waals surface area contributed by atoms with Gasteiger partial charge in [0.15, 0.2) is 11.5 Å². The molecule has 2 aromatic rings. The van der Waals surface area contributed by atoms with E-state index in [-0.39, 0.29) is 0 Å². The largest absolute Gasteiger partial charge is 0.493 e. The number of thiocarbonyl (C=S) groups is 1. The fourth-order valence-corrected chi connectivity index (χ4v) is 3.62. The lowest BCUT2D eigenvalue weighted by molar-refractivity contribution is 0.217. The molecule has 0 N–H and O–H groups in total. The van der Waals surface area contributed by atoms with Gasteiger partial charge in [-0.1, -0.05) is 47.6 Å². The number of halogens is 2. The van der Waals surface area contributed by atoms with Crippen LogP contribution in [0.15, 0.2) is 36.4 Å². The van der Waals surface area contributed by atoms with E-state index in [2.05, 4.69) is 16.8 Å². The van der Waals surface area contributed by atoms with Crippen molar-refractivity contribution < 1.29 is 9.47 Å². The van der Waals surface area contributed by atoms with Gasteiger partial charge in [0.05, 0.1) is 22.7 Å². The summed E-state index contributed by atoms with van der Waals surface area (Å²) in [5.74, 6) is 1.30. The Morgan fingerprint density at radius 2 is 1.81 bits per heavy atom. The second kappa shape index (κ2) is 9.11. The zero-order valence-corrected chi connectivity index (χ0v) is 17.7. The molecule has 1 heterocycles. The Labute approximate surface area is 175 Å². The second-order valence-electron chi connectivity index (χ2n) is 6.47. The Morgan fingerprint density at radius 3 is 2.48 bits per heavy atom. The second-order valence-corrected chi connectivity index (χ2v) is 7.67. The van der Waals surface area contributed by atoms with Crippen molar-refractivity contribution in [1.82, 2.24) is 9.80 Å². The van der Waals surface area contributed by atoms with Crippen molar-refractivity contribution >= 4 is 40.4 Å². The molecular formula is C20H22Cl2N2O2S. The Hall–Kier alpha value is -1.53. The van der Waals surface area contributed by atoms with Crippen molar-refractivity contribution in [3.63, 3.8) is 0 Å². The molecule has 0 amide bonds. The highest BCUT2D eigenvalue weighted by Gasteiger charge is 2.22. The van der Waals surface area contributed by atoms with E-state index in [9.17, 15) is 0 Å². The van der Waals surface area contributed by atoms with E-state index in [1.807, 2.05) is 24.3 Å². The van der Waals surface area contributed by atoms with Crippen molar-refractivity contribution in [2.75, 3.05) is 40.3 Å². The summed E-state index contributed by atoms with van der Waals surface area (Å²) < 4.78 is 11.6. The van der Waals surface area contributed by atoms with E-state index in [1.165, 1.54) is 0 Å². The van der Waals surface area contributed by atoms with Gasteiger partial charge in [-0.15, -0.1) is 0 Å². The van der Waals surface area contributed by atoms with Crippen LogP contribution in [0.4, 0.5) is 0 Å². The summed E-state index contributed by atoms with van der Waals surface area (Å²) in [6, 6.07) is 11.2. The third kappa shape index (κ3) is 4.85. The molecule has 0 unspecified atom stereocenters. The molecule has 0 aliphatic carbocycles. The van der Waals surface area contributed by atoms with E-state index < -0.39 is 0 Å². The summed E-state index contributed by atoms with van der Waals surface area (Å²) in [4.78, 5) is 5.30. The maximum absolute atomic E-state index is 6.12. The summed E-state index contributed by atoms with van der Waals surface area (Å²) in [5, 5.41) is 1.03. The van der Waals surface area contributed by atoms with Crippen LogP contribution in [0.25, 0.3) is 0 Å². The summed E-state index contributed by atoms with van der Waals surface area (Å²) in [6.07, 6.45) is 0. The molecule has 0 saturated carbocycles. The molecule has 27 heavy (non-hydrogen) atoms. The maximum Gasteiger partial charge on any atom is 0.171 e. The van der Waals surface area contributed by atoms with Crippen LogP contribution < -0.4 is 9.47 Å². The zero-order valence-electron chi connectivity index (χ0n) is 15.4. The number of benzene rings is 2. The van der Waals surface area contributed by atoms with Gasteiger partial charge < -0.3 is 19.3 Å². The van der Waals surface area contributed by atoms with Crippen LogP contribution in [0, 0.1) is 0 Å². The summed E-state index contributed by atoms with van der Waals surface area (Å²) in [6.45, 7) is 4.13. The molecule has 1 aliphatic rings. The number of rotatable bonds is 5. The minimum atomic E-state index is 0.343. The van der Waals surface area contributed by atoms with Crippen LogP contribution in [-0.4, -0.2) is 55.1 Å². The molecule has 1 fully saturated rings. The highest BCUT2D eigenvalue weighted by atomic mass is 35.5. The van der Waals surface area contributed by atoms with Crippen LogP contribution in [-0.2, 0) is 6.61 Å². The van der Waals surface area contributed by atoms with Crippen molar-refractivity contribution in [2.24, 2.45) is 0 Å². The Morgan fingerprint density at radius 1 is 1.07 bits per heavy atom. The van der Waals surface area contributed by atoms with Crippen molar-refractivity contribution in [1.29, 1.82) is 0 Å². The lowest BCUT2D eigenvalue weighted by atomic mass is 10.1. The number of nitrogens with zero attached hydrogens (tertiary/aromatic N) is 2. The Kier molecular flexibility index (Phi) is 6.82. The van der Waals surface area contributed by atoms with Crippen molar-refractivity contribution in [3.05, 3.63) is 57.6 Å². The number of hydrogen-bond donors (Lipinski definition) is 0. The van der Waals surface area contributed by atoms with Gasteiger partial charge in [-0.25, -0.2) is 0 Å². The molecule has 2 aromatic carbocycles. The summed E-state index contributed by atoms with van der Waals surface area (Å²) >= 11 is 17.9. The van der Waals surface area contributed by atoms with Crippen LogP contribution >= 0.6 is 35.4 Å².